The summed E-state index contributed by atoms with van der Waals surface area (Å²) in [5.74, 6) is -0.00606. The summed E-state index contributed by atoms with van der Waals surface area (Å²) in [6.45, 7) is 6.75. The summed E-state index contributed by atoms with van der Waals surface area (Å²) < 4.78 is 21.8. The number of hydrogen-bond donors (Lipinski definition) is 0. The van der Waals surface area contributed by atoms with Crippen molar-refractivity contribution in [2.45, 2.75) is 46.1 Å². The first-order valence-electron chi connectivity index (χ1n) is 13.1. The Balaban J connectivity index is 1.68. The van der Waals surface area contributed by atoms with Crippen molar-refractivity contribution in [3.63, 3.8) is 0 Å². The number of thioether (sulfide) groups is 1. The number of piperidine rings is 1. The number of aliphatic imine (C=N–C) groups is 1. The highest BCUT2D eigenvalue weighted by Crippen LogP contribution is 2.47. The average molecular weight is 558 g/mol. The maximum absolute atomic E-state index is 13.5. The Morgan fingerprint density at radius 2 is 1.87 bits per heavy atom. The first-order chi connectivity index (χ1) is 18.8. The van der Waals surface area contributed by atoms with E-state index >= 15 is 0 Å². The van der Waals surface area contributed by atoms with E-state index in [4.69, 9.17) is 23.9 Å². The molecule has 1 fully saturated rings. The molecule has 0 N–H and O–H groups in total. The largest absolute Gasteiger partial charge is 0.497 e. The molecule has 1 saturated heterocycles. The third-order valence-electron chi connectivity index (χ3n) is 6.95. The lowest BCUT2D eigenvalue weighted by molar-refractivity contribution is -0.151. The fraction of sp³-hybridized carbons (Fsp3) is 0.500. The first-order valence-corrected chi connectivity index (χ1v) is 14.0. The van der Waals surface area contributed by atoms with Crippen LogP contribution in [0.5, 0.6) is 11.5 Å². The fourth-order valence-electron chi connectivity index (χ4n) is 5.11. The number of hydrogen-bond acceptors (Lipinski definition) is 10. The zero-order chi connectivity index (χ0) is 28.1. The number of likely N-dealkylation sites (tertiary alicyclic amines) is 1. The molecule has 11 heteroatoms. The number of methoxy groups -OCH3 is 2. The summed E-state index contributed by atoms with van der Waals surface area (Å²) in [5.41, 5.74) is 2.30. The number of amidine groups is 1. The Bertz CT molecular complexity index is 1230. The minimum Gasteiger partial charge on any atom is -0.497 e. The summed E-state index contributed by atoms with van der Waals surface area (Å²) in [7, 11) is 3.14. The quantitative estimate of drug-likeness (QED) is 0.416. The Labute approximate surface area is 233 Å². The fourth-order valence-corrected chi connectivity index (χ4v) is 6.07. The van der Waals surface area contributed by atoms with Crippen LogP contribution in [0.2, 0.25) is 0 Å². The second kappa shape index (κ2) is 12.6. The lowest BCUT2D eigenvalue weighted by Gasteiger charge is -2.37. The molecule has 3 aliphatic heterocycles. The van der Waals surface area contributed by atoms with Gasteiger partial charge in [-0.3, -0.25) is 9.59 Å². The van der Waals surface area contributed by atoms with E-state index in [0.29, 0.717) is 65.3 Å². The van der Waals surface area contributed by atoms with Crippen LogP contribution in [0.15, 0.2) is 45.6 Å². The van der Waals surface area contributed by atoms with Crippen molar-refractivity contribution in [2.24, 2.45) is 10.9 Å². The number of rotatable bonds is 9. The monoisotopic (exact) mass is 557 g/mol. The molecule has 0 spiro atoms. The van der Waals surface area contributed by atoms with E-state index in [-0.39, 0.29) is 30.8 Å². The minimum atomic E-state index is -0.649. The van der Waals surface area contributed by atoms with Crippen molar-refractivity contribution in [3.8, 4) is 11.5 Å². The second-order valence-electron chi connectivity index (χ2n) is 9.33. The van der Waals surface area contributed by atoms with E-state index in [1.54, 1.807) is 52.0 Å². The molecule has 3 aliphatic rings. The average Bonchev–Trinajstić information content (AvgIpc) is 3.33. The topological polar surface area (TPSA) is 107 Å². The Morgan fingerprint density at radius 3 is 2.56 bits per heavy atom. The number of benzene rings is 1. The Morgan fingerprint density at radius 1 is 1.10 bits per heavy atom. The Hall–Kier alpha value is -3.47. The standard InChI is InChI=1S/C28H35N3O7S/c1-6-37-26(33)18-9-8-12-30(15-18)23(32)13-19-16-39-28-29-17(3)24(27(34)38-7-2)25(31(19)28)21-14-20(35-4)10-11-22(21)36-5/h10-11,14,16,18,25H,6-9,12-13,15H2,1-5H3/t18-,25+/m0/s1. The van der Waals surface area contributed by atoms with E-state index in [1.807, 2.05) is 16.4 Å². The summed E-state index contributed by atoms with van der Waals surface area (Å²) in [5, 5.41) is 2.55. The Kier molecular flexibility index (Phi) is 9.21. The molecule has 0 bridgehead atoms. The number of carbonyl (C=O) groups is 3. The normalized spacial score (nSPS) is 20.6. The third kappa shape index (κ3) is 5.93. The van der Waals surface area contributed by atoms with Gasteiger partial charge in [-0.2, -0.15) is 0 Å². The lowest BCUT2D eigenvalue weighted by Crippen LogP contribution is -2.44. The number of ether oxygens (including phenoxy) is 4. The van der Waals surface area contributed by atoms with Gasteiger partial charge in [-0.25, -0.2) is 9.79 Å². The molecule has 0 radical (unpaired) electrons. The molecule has 0 aromatic heterocycles. The maximum Gasteiger partial charge on any atom is 0.338 e. The molecule has 2 atom stereocenters. The van der Waals surface area contributed by atoms with Gasteiger partial charge in [0.15, 0.2) is 5.17 Å². The van der Waals surface area contributed by atoms with Crippen molar-refractivity contribution in [2.75, 3.05) is 40.5 Å². The smallest absolute Gasteiger partial charge is 0.338 e. The molecule has 0 saturated carbocycles. The van der Waals surface area contributed by atoms with Gasteiger partial charge in [-0.1, -0.05) is 11.8 Å². The highest BCUT2D eigenvalue weighted by atomic mass is 32.2. The van der Waals surface area contributed by atoms with Crippen LogP contribution >= 0.6 is 11.8 Å². The maximum atomic E-state index is 13.5. The number of allylic oxidation sites excluding steroid dienone is 1. The molecule has 39 heavy (non-hydrogen) atoms. The number of amides is 1. The van der Waals surface area contributed by atoms with Crippen LogP contribution in [-0.2, 0) is 23.9 Å². The van der Waals surface area contributed by atoms with Crippen LogP contribution in [0, 0.1) is 5.92 Å². The third-order valence-corrected chi connectivity index (χ3v) is 7.84. The molecule has 0 aliphatic carbocycles. The van der Waals surface area contributed by atoms with Crippen LogP contribution < -0.4 is 9.47 Å². The summed E-state index contributed by atoms with van der Waals surface area (Å²) in [4.78, 5) is 47.4. The van der Waals surface area contributed by atoms with Gasteiger partial charge in [0.25, 0.3) is 0 Å². The predicted molar refractivity (Wildman–Crippen MR) is 147 cm³/mol. The zero-order valence-corrected chi connectivity index (χ0v) is 23.8. The SMILES string of the molecule is CCOC(=O)C1=C(C)N=C2SC=C(CC(=O)N3CCC[C@H](C(=O)OCC)C3)N2[C@@H]1c1cc(OC)ccc1OC. The molecule has 10 nitrogen and oxygen atoms in total. The van der Waals surface area contributed by atoms with E-state index in [9.17, 15) is 14.4 Å². The van der Waals surface area contributed by atoms with Crippen LogP contribution in [0.4, 0.5) is 0 Å². The summed E-state index contributed by atoms with van der Waals surface area (Å²) in [6, 6.07) is 4.76. The summed E-state index contributed by atoms with van der Waals surface area (Å²) in [6.07, 6.45) is 1.52. The number of nitrogens with zero attached hydrogens (tertiary/aromatic N) is 3. The van der Waals surface area contributed by atoms with Crippen molar-refractivity contribution < 1.29 is 33.3 Å². The minimum absolute atomic E-state index is 0.0828. The first kappa shape index (κ1) is 28.5. The molecule has 1 amide bonds. The lowest BCUT2D eigenvalue weighted by atomic mass is 9.92. The molecule has 1 aromatic carbocycles. The molecule has 3 heterocycles. The predicted octanol–water partition coefficient (Wildman–Crippen LogP) is 4.03. The summed E-state index contributed by atoms with van der Waals surface area (Å²) >= 11 is 1.40. The van der Waals surface area contributed by atoms with Crippen LogP contribution in [0.25, 0.3) is 0 Å². The molecular weight excluding hydrogens is 522 g/mol. The van der Waals surface area contributed by atoms with Crippen molar-refractivity contribution in [1.29, 1.82) is 0 Å². The van der Waals surface area contributed by atoms with Crippen LogP contribution in [0.1, 0.15) is 51.6 Å². The zero-order valence-electron chi connectivity index (χ0n) is 23.0. The van der Waals surface area contributed by atoms with Crippen molar-refractivity contribution in [3.05, 3.63) is 46.1 Å². The van der Waals surface area contributed by atoms with Gasteiger partial charge in [-0.15, -0.1) is 0 Å². The van der Waals surface area contributed by atoms with Gasteiger partial charge < -0.3 is 28.7 Å². The number of carbonyl (C=O) groups excluding carboxylic acids is 3. The number of esters is 2. The van der Waals surface area contributed by atoms with E-state index < -0.39 is 12.0 Å². The molecular formula is C28H35N3O7S. The van der Waals surface area contributed by atoms with E-state index in [0.717, 1.165) is 6.42 Å². The van der Waals surface area contributed by atoms with Gasteiger partial charge in [0.05, 0.1) is 57.1 Å². The second-order valence-corrected chi connectivity index (χ2v) is 10.2. The van der Waals surface area contributed by atoms with Crippen molar-refractivity contribution >= 4 is 34.8 Å². The van der Waals surface area contributed by atoms with Gasteiger partial charge in [0.2, 0.25) is 5.91 Å². The van der Waals surface area contributed by atoms with Crippen LogP contribution in [0.3, 0.4) is 0 Å². The molecule has 210 valence electrons. The molecule has 4 rings (SSSR count). The molecule has 0 unspecified atom stereocenters. The van der Waals surface area contributed by atoms with Crippen LogP contribution in [-0.4, -0.2) is 73.3 Å². The van der Waals surface area contributed by atoms with Crippen molar-refractivity contribution in [1.82, 2.24) is 9.80 Å². The van der Waals surface area contributed by atoms with Gasteiger partial charge in [-0.05, 0) is 57.2 Å². The number of fused-ring (bicyclic) bond motifs is 1. The van der Waals surface area contributed by atoms with E-state index in [1.165, 1.54) is 11.8 Å². The highest BCUT2D eigenvalue weighted by Gasteiger charge is 2.43. The van der Waals surface area contributed by atoms with Gasteiger partial charge in [0, 0.05) is 24.4 Å². The van der Waals surface area contributed by atoms with Gasteiger partial charge >= 0.3 is 11.9 Å². The molecule has 1 aromatic rings. The highest BCUT2D eigenvalue weighted by molar-refractivity contribution is 8.16. The van der Waals surface area contributed by atoms with E-state index in [2.05, 4.69) is 0 Å². The van der Waals surface area contributed by atoms with Gasteiger partial charge in [0.1, 0.15) is 11.5 Å².